The van der Waals surface area contributed by atoms with Crippen LogP contribution in [0.3, 0.4) is 0 Å². The minimum Gasteiger partial charge on any atom is -0.480 e. The van der Waals surface area contributed by atoms with Crippen molar-refractivity contribution in [2.45, 2.75) is 6.42 Å². The largest absolute Gasteiger partial charge is 0.480 e. The van der Waals surface area contributed by atoms with E-state index in [0.29, 0.717) is 35.7 Å². The first-order valence-corrected chi connectivity index (χ1v) is 9.79. The zero-order chi connectivity index (χ0) is 22.2. The number of amides is 1. The van der Waals surface area contributed by atoms with Gasteiger partial charge in [0, 0.05) is 31.7 Å². The van der Waals surface area contributed by atoms with Crippen LogP contribution in [0.15, 0.2) is 57.7 Å². The molecule has 1 heterocycles. The van der Waals surface area contributed by atoms with Crippen molar-refractivity contribution in [1.82, 2.24) is 5.32 Å². The minimum atomic E-state index is -0.790. The molecule has 0 aliphatic carbocycles. The average Bonchev–Trinajstić information content (AvgIpc) is 2.75. The number of carbonyl (C=O) groups excluding carboxylic acids is 2. The van der Waals surface area contributed by atoms with Gasteiger partial charge in [-0.05, 0) is 36.8 Å². The summed E-state index contributed by atoms with van der Waals surface area (Å²) in [5.41, 5.74) is -0.719. The monoisotopic (exact) mass is 445 g/mol. The number of fused-ring (bicyclic) bond motifs is 1. The van der Waals surface area contributed by atoms with Gasteiger partial charge in [0.05, 0.1) is 5.02 Å². The van der Waals surface area contributed by atoms with Gasteiger partial charge in [0.15, 0.2) is 6.61 Å². The molecule has 0 fully saturated rings. The number of hydrogen-bond acceptors (Lipinski definition) is 7. The predicted molar refractivity (Wildman–Crippen MR) is 114 cm³/mol. The maximum atomic E-state index is 12.2. The van der Waals surface area contributed by atoms with E-state index in [-0.39, 0.29) is 23.5 Å². The van der Waals surface area contributed by atoms with Crippen LogP contribution in [-0.4, -0.2) is 38.7 Å². The van der Waals surface area contributed by atoms with Crippen LogP contribution in [0.25, 0.3) is 11.0 Å². The first-order valence-electron chi connectivity index (χ1n) is 9.41. The third-order valence-electron chi connectivity index (χ3n) is 4.18. The number of methoxy groups -OCH3 is 1. The summed E-state index contributed by atoms with van der Waals surface area (Å²) in [5.74, 6) is -0.661. The summed E-state index contributed by atoms with van der Waals surface area (Å²) in [5, 5.41) is 3.52. The molecule has 31 heavy (non-hydrogen) atoms. The Labute approximate surface area is 182 Å². The van der Waals surface area contributed by atoms with E-state index in [1.54, 1.807) is 37.4 Å². The van der Waals surface area contributed by atoms with Crippen LogP contribution in [0.2, 0.25) is 5.02 Å². The number of ether oxygens (including phenoxy) is 3. The molecule has 0 radical (unpaired) electrons. The van der Waals surface area contributed by atoms with Gasteiger partial charge in [0.25, 0.3) is 5.91 Å². The van der Waals surface area contributed by atoms with Crippen LogP contribution in [-0.2, 0) is 9.53 Å². The fourth-order valence-electron chi connectivity index (χ4n) is 2.69. The van der Waals surface area contributed by atoms with Crippen molar-refractivity contribution in [3.05, 3.63) is 69.5 Å². The second kappa shape index (κ2) is 10.6. The SMILES string of the molecule is COCCCNC(=O)c1cc2ccc(OC(=O)COc3ccccc3Cl)cc2oc1=O. The smallest absolute Gasteiger partial charge is 0.349 e. The van der Waals surface area contributed by atoms with E-state index in [1.165, 1.54) is 18.2 Å². The summed E-state index contributed by atoms with van der Waals surface area (Å²) in [6, 6.07) is 12.7. The van der Waals surface area contributed by atoms with E-state index in [9.17, 15) is 14.4 Å². The molecule has 0 unspecified atom stereocenters. The van der Waals surface area contributed by atoms with Gasteiger partial charge in [-0.25, -0.2) is 9.59 Å². The summed E-state index contributed by atoms with van der Waals surface area (Å²) in [4.78, 5) is 36.4. The Kier molecular flexibility index (Phi) is 7.64. The van der Waals surface area contributed by atoms with Crippen molar-refractivity contribution in [1.29, 1.82) is 0 Å². The molecule has 0 atom stereocenters. The van der Waals surface area contributed by atoms with Crippen molar-refractivity contribution in [2.24, 2.45) is 0 Å². The van der Waals surface area contributed by atoms with Gasteiger partial charge in [0.1, 0.15) is 22.6 Å². The molecular formula is C22H20ClNO7. The Bertz CT molecular complexity index is 1140. The van der Waals surface area contributed by atoms with Crippen molar-refractivity contribution in [3.8, 4) is 11.5 Å². The van der Waals surface area contributed by atoms with Crippen LogP contribution < -0.4 is 20.4 Å². The van der Waals surface area contributed by atoms with Gasteiger partial charge in [0.2, 0.25) is 0 Å². The zero-order valence-corrected chi connectivity index (χ0v) is 17.4. The molecule has 0 saturated heterocycles. The standard InChI is InChI=1S/C22H20ClNO7/c1-28-10-4-9-24-21(26)16-11-14-7-8-15(12-19(14)31-22(16)27)30-20(25)13-29-18-6-3-2-5-17(18)23/h2-3,5-8,11-12H,4,9-10,13H2,1H3,(H,24,26). The second-order valence-corrected chi connectivity index (χ2v) is 6.85. The Morgan fingerprint density at radius 2 is 1.94 bits per heavy atom. The molecule has 1 N–H and O–H groups in total. The third-order valence-corrected chi connectivity index (χ3v) is 4.49. The molecule has 0 spiro atoms. The van der Waals surface area contributed by atoms with E-state index >= 15 is 0 Å². The van der Waals surface area contributed by atoms with Crippen LogP contribution in [0.5, 0.6) is 11.5 Å². The lowest BCUT2D eigenvalue weighted by molar-refractivity contribution is -0.136. The average molecular weight is 446 g/mol. The predicted octanol–water partition coefficient (Wildman–Crippen LogP) is 3.20. The summed E-state index contributed by atoms with van der Waals surface area (Å²) in [7, 11) is 1.57. The zero-order valence-electron chi connectivity index (χ0n) is 16.7. The molecule has 0 bridgehead atoms. The third kappa shape index (κ3) is 6.07. The molecule has 0 saturated carbocycles. The highest BCUT2D eigenvalue weighted by Crippen LogP contribution is 2.24. The van der Waals surface area contributed by atoms with Crippen LogP contribution in [0.1, 0.15) is 16.8 Å². The number of nitrogens with one attached hydrogen (secondary N) is 1. The van der Waals surface area contributed by atoms with Gasteiger partial charge < -0.3 is 23.9 Å². The quantitative estimate of drug-likeness (QED) is 0.233. The normalized spacial score (nSPS) is 10.6. The highest BCUT2D eigenvalue weighted by Gasteiger charge is 2.15. The summed E-state index contributed by atoms with van der Waals surface area (Å²) < 4.78 is 20.7. The molecule has 0 aliphatic heterocycles. The fourth-order valence-corrected chi connectivity index (χ4v) is 2.88. The maximum Gasteiger partial charge on any atom is 0.349 e. The summed E-state index contributed by atoms with van der Waals surface area (Å²) in [6.07, 6.45) is 0.621. The van der Waals surface area contributed by atoms with Crippen molar-refractivity contribution >= 4 is 34.4 Å². The van der Waals surface area contributed by atoms with Crippen LogP contribution in [0, 0.1) is 0 Å². The Hall–Kier alpha value is -3.36. The van der Waals surface area contributed by atoms with Gasteiger partial charge in [-0.2, -0.15) is 0 Å². The van der Waals surface area contributed by atoms with Crippen molar-refractivity contribution in [2.75, 3.05) is 26.9 Å². The van der Waals surface area contributed by atoms with Gasteiger partial charge in [-0.3, -0.25) is 4.79 Å². The highest BCUT2D eigenvalue weighted by molar-refractivity contribution is 6.32. The molecule has 9 heteroatoms. The lowest BCUT2D eigenvalue weighted by Gasteiger charge is -2.09. The van der Waals surface area contributed by atoms with Crippen LogP contribution >= 0.6 is 11.6 Å². The van der Waals surface area contributed by atoms with Crippen LogP contribution in [0.4, 0.5) is 0 Å². The lowest BCUT2D eigenvalue weighted by Crippen LogP contribution is -2.29. The lowest BCUT2D eigenvalue weighted by atomic mass is 10.1. The first kappa shape index (κ1) is 22.3. The van der Waals surface area contributed by atoms with E-state index in [0.717, 1.165) is 0 Å². The summed E-state index contributed by atoms with van der Waals surface area (Å²) >= 11 is 5.97. The number of hydrogen-bond donors (Lipinski definition) is 1. The Morgan fingerprint density at radius 3 is 2.71 bits per heavy atom. The molecule has 3 aromatic rings. The number of esters is 1. The summed E-state index contributed by atoms with van der Waals surface area (Å²) in [6.45, 7) is 0.515. The minimum absolute atomic E-state index is 0.109. The fraction of sp³-hybridized carbons (Fsp3) is 0.227. The molecule has 8 nitrogen and oxygen atoms in total. The number of halogens is 1. The molecule has 2 aromatic carbocycles. The maximum absolute atomic E-state index is 12.2. The molecule has 162 valence electrons. The number of rotatable bonds is 9. The first-order chi connectivity index (χ1) is 15.0. The van der Waals surface area contributed by atoms with Gasteiger partial charge in [-0.15, -0.1) is 0 Å². The number of benzene rings is 2. The second-order valence-electron chi connectivity index (χ2n) is 6.44. The van der Waals surface area contributed by atoms with Gasteiger partial charge >= 0.3 is 11.6 Å². The topological polar surface area (TPSA) is 104 Å². The van der Waals surface area contributed by atoms with E-state index in [4.69, 9.17) is 30.2 Å². The molecule has 1 aromatic heterocycles. The molecule has 1 amide bonds. The number of para-hydroxylation sites is 1. The van der Waals surface area contributed by atoms with E-state index < -0.39 is 17.5 Å². The Balaban J connectivity index is 1.65. The van der Waals surface area contributed by atoms with Crippen molar-refractivity contribution in [3.63, 3.8) is 0 Å². The Morgan fingerprint density at radius 1 is 1.13 bits per heavy atom. The highest BCUT2D eigenvalue weighted by atomic mass is 35.5. The van der Waals surface area contributed by atoms with Gasteiger partial charge in [-0.1, -0.05) is 23.7 Å². The van der Waals surface area contributed by atoms with E-state index in [1.807, 2.05) is 0 Å². The number of carbonyl (C=O) groups is 2. The molecular weight excluding hydrogens is 426 g/mol. The molecule has 3 rings (SSSR count). The van der Waals surface area contributed by atoms with E-state index in [2.05, 4.69) is 5.32 Å². The van der Waals surface area contributed by atoms with Crippen molar-refractivity contribution < 1.29 is 28.2 Å². The molecule has 0 aliphatic rings.